The third-order valence-electron chi connectivity index (χ3n) is 2.92. The second kappa shape index (κ2) is 7.38. The maximum Gasteiger partial charge on any atom is 0.203 e. The molecule has 0 bridgehead atoms. The molecule has 1 aromatic carbocycles. The van der Waals surface area contributed by atoms with E-state index in [0.29, 0.717) is 17.2 Å². The van der Waals surface area contributed by atoms with Gasteiger partial charge in [0.05, 0.1) is 27.4 Å². The smallest absolute Gasteiger partial charge is 0.203 e. The second-order valence-corrected chi connectivity index (χ2v) is 4.90. The predicted octanol–water partition coefficient (Wildman–Crippen LogP) is 3.24. The molecule has 0 amide bonds. The number of hydrogen-bond donors (Lipinski definition) is 1. The van der Waals surface area contributed by atoms with E-state index in [-0.39, 0.29) is 18.4 Å². The van der Waals surface area contributed by atoms with Crippen LogP contribution in [-0.2, 0) is 0 Å². The molecule has 2 rings (SSSR count). The Morgan fingerprint density at radius 1 is 1.00 bits per heavy atom. The fourth-order valence-electron chi connectivity index (χ4n) is 1.99. The molecule has 0 saturated carbocycles. The first kappa shape index (κ1) is 16.6. The van der Waals surface area contributed by atoms with Gasteiger partial charge in [-0.3, -0.25) is 0 Å². The Hall–Kier alpha value is -1.43. The van der Waals surface area contributed by atoms with Crippen molar-refractivity contribution in [3.8, 4) is 17.2 Å². The lowest BCUT2D eigenvalue weighted by Gasteiger charge is -2.19. The van der Waals surface area contributed by atoms with Crippen LogP contribution in [0.4, 0.5) is 0 Å². The van der Waals surface area contributed by atoms with Gasteiger partial charge in [-0.2, -0.15) is 0 Å². The number of hydrogen-bond acceptors (Lipinski definition) is 5. The monoisotopic (exact) mass is 315 g/mol. The summed E-state index contributed by atoms with van der Waals surface area (Å²) in [6, 6.07) is 7.49. The van der Waals surface area contributed by atoms with E-state index in [9.17, 15) is 0 Å². The molecule has 1 aromatic heterocycles. The molecule has 2 N–H and O–H groups in total. The summed E-state index contributed by atoms with van der Waals surface area (Å²) in [5, 5.41) is 2.00. The quantitative estimate of drug-likeness (QED) is 0.920. The molecule has 2 aromatic rings. The highest BCUT2D eigenvalue weighted by Gasteiger charge is 2.21. The minimum absolute atomic E-state index is 0. The lowest BCUT2D eigenvalue weighted by atomic mass is 10.0. The molecule has 0 aliphatic carbocycles. The van der Waals surface area contributed by atoms with Crippen LogP contribution in [0.2, 0.25) is 0 Å². The van der Waals surface area contributed by atoms with Gasteiger partial charge in [-0.25, -0.2) is 0 Å². The predicted molar refractivity (Wildman–Crippen MR) is 83.7 cm³/mol. The Kier molecular flexibility index (Phi) is 6.13. The highest BCUT2D eigenvalue weighted by Crippen LogP contribution is 2.43. The molecule has 0 aliphatic rings. The topological polar surface area (TPSA) is 53.7 Å². The average Bonchev–Trinajstić information content (AvgIpc) is 2.98. The summed E-state index contributed by atoms with van der Waals surface area (Å²) >= 11 is 1.62. The third kappa shape index (κ3) is 3.00. The maximum absolute atomic E-state index is 6.29. The summed E-state index contributed by atoms with van der Waals surface area (Å²) < 4.78 is 16.1. The zero-order valence-electron chi connectivity index (χ0n) is 11.6. The summed E-state index contributed by atoms with van der Waals surface area (Å²) in [5.74, 6) is 1.80. The van der Waals surface area contributed by atoms with Gasteiger partial charge in [0, 0.05) is 10.4 Å². The molecule has 4 nitrogen and oxygen atoms in total. The van der Waals surface area contributed by atoms with Crippen LogP contribution in [0.15, 0.2) is 29.6 Å². The van der Waals surface area contributed by atoms with Crippen LogP contribution in [0.3, 0.4) is 0 Å². The lowest BCUT2D eigenvalue weighted by molar-refractivity contribution is 0.321. The first-order valence-corrected chi connectivity index (χ1v) is 6.68. The number of halogens is 1. The van der Waals surface area contributed by atoms with E-state index in [2.05, 4.69) is 0 Å². The second-order valence-electron chi connectivity index (χ2n) is 3.92. The SMILES string of the molecule is COc1ccc([C@H](N)c2cccs2)c(OC)c1OC.Cl. The first-order valence-electron chi connectivity index (χ1n) is 5.80. The number of rotatable bonds is 5. The Morgan fingerprint density at radius 3 is 2.20 bits per heavy atom. The first-order chi connectivity index (χ1) is 9.22. The minimum atomic E-state index is -0.241. The Labute approximate surface area is 128 Å². The maximum atomic E-state index is 6.29. The van der Waals surface area contributed by atoms with E-state index in [1.165, 1.54) is 0 Å². The number of ether oxygens (including phenoxy) is 3. The summed E-state index contributed by atoms with van der Waals surface area (Å²) in [6.07, 6.45) is 0. The summed E-state index contributed by atoms with van der Waals surface area (Å²) in [4.78, 5) is 1.07. The molecular formula is C14H18ClNO3S. The highest BCUT2D eigenvalue weighted by molar-refractivity contribution is 7.10. The molecular weight excluding hydrogens is 298 g/mol. The van der Waals surface area contributed by atoms with E-state index in [1.54, 1.807) is 32.7 Å². The van der Waals surface area contributed by atoms with Crippen LogP contribution >= 0.6 is 23.7 Å². The number of nitrogens with two attached hydrogens (primary N) is 1. The molecule has 6 heteroatoms. The fourth-order valence-corrected chi connectivity index (χ4v) is 2.74. The van der Waals surface area contributed by atoms with Gasteiger partial charge in [0.1, 0.15) is 0 Å². The van der Waals surface area contributed by atoms with Gasteiger partial charge in [0.25, 0.3) is 0 Å². The summed E-state index contributed by atoms with van der Waals surface area (Å²) in [7, 11) is 4.78. The van der Waals surface area contributed by atoms with Gasteiger partial charge in [-0.1, -0.05) is 6.07 Å². The van der Waals surface area contributed by atoms with Gasteiger partial charge >= 0.3 is 0 Å². The van der Waals surface area contributed by atoms with E-state index >= 15 is 0 Å². The van der Waals surface area contributed by atoms with Gasteiger partial charge in [-0.15, -0.1) is 23.7 Å². The molecule has 0 spiro atoms. The Morgan fingerprint density at radius 2 is 1.70 bits per heavy atom. The molecule has 110 valence electrons. The van der Waals surface area contributed by atoms with Crippen LogP contribution in [-0.4, -0.2) is 21.3 Å². The Bertz CT molecular complexity index is 546. The van der Waals surface area contributed by atoms with Crippen molar-refractivity contribution < 1.29 is 14.2 Å². The molecule has 0 saturated heterocycles. The van der Waals surface area contributed by atoms with Crippen molar-refractivity contribution in [2.75, 3.05) is 21.3 Å². The number of thiophene rings is 1. The molecule has 20 heavy (non-hydrogen) atoms. The Balaban J connectivity index is 0.00000200. The summed E-state index contributed by atoms with van der Waals surface area (Å²) in [5.41, 5.74) is 7.16. The van der Waals surface area contributed by atoms with Crippen molar-refractivity contribution >= 4 is 23.7 Å². The third-order valence-corrected chi connectivity index (χ3v) is 3.87. The van der Waals surface area contributed by atoms with Gasteiger partial charge in [0.2, 0.25) is 5.75 Å². The van der Waals surface area contributed by atoms with E-state index in [4.69, 9.17) is 19.9 Å². The van der Waals surface area contributed by atoms with Crippen LogP contribution in [0.1, 0.15) is 16.5 Å². The fraction of sp³-hybridized carbons (Fsp3) is 0.286. The van der Waals surface area contributed by atoms with Crippen molar-refractivity contribution in [3.63, 3.8) is 0 Å². The van der Waals surface area contributed by atoms with Gasteiger partial charge in [-0.05, 0) is 23.6 Å². The van der Waals surface area contributed by atoms with Crippen molar-refractivity contribution in [1.29, 1.82) is 0 Å². The van der Waals surface area contributed by atoms with E-state index in [1.807, 2.05) is 29.6 Å². The molecule has 0 radical (unpaired) electrons. The number of benzene rings is 1. The van der Waals surface area contributed by atoms with Crippen LogP contribution < -0.4 is 19.9 Å². The normalized spacial score (nSPS) is 11.4. The molecule has 0 aliphatic heterocycles. The van der Waals surface area contributed by atoms with Crippen molar-refractivity contribution in [1.82, 2.24) is 0 Å². The molecule has 1 heterocycles. The van der Waals surface area contributed by atoms with Crippen LogP contribution in [0.5, 0.6) is 17.2 Å². The lowest BCUT2D eigenvalue weighted by Crippen LogP contribution is -2.12. The highest BCUT2D eigenvalue weighted by atomic mass is 35.5. The van der Waals surface area contributed by atoms with E-state index < -0.39 is 0 Å². The summed E-state index contributed by atoms with van der Waals surface area (Å²) in [6.45, 7) is 0. The standard InChI is InChI=1S/C14H17NO3S.ClH/c1-16-10-7-6-9(13(17-2)14(10)18-3)12(15)11-5-4-8-19-11;/h4-8,12H,15H2,1-3H3;1H/t12-;/m0./s1. The largest absolute Gasteiger partial charge is 0.493 e. The zero-order valence-corrected chi connectivity index (χ0v) is 13.2. The molecule has 0 fully saturated rings. The van der Waals surface area contributed by atoms with E-state index in [0.717, 1.165) is 10.4 Å². The minimum Gasteiger partial charge on any atom is -0.493 e. The van der Waals surface area contributed by atoms with Crippen molar-refractivity contribution in [2.24, 2.45) is 5.73 Å². The average molecular weight is 316 g/mol. The van der Waals surface area contributed by atoms with Crippen molar-refractivity contribution in [3.05, 3.63) is 40.1 Å². The van der Waals surface area contributed by atoms with Gasteiger partial charge < -0.3 is 19.9 Å². The van der Waals surface area contributed by atoms with Crippen molar-refractivity contribution in [2.45, 2.75) is 6.04 Å². The molecule has 0 unspecified atom stereocenters. The van der Waals surface area contributed by atoms with Crippen LogP contribution in [0, 0.1) is 0 Å². The number of methoxy groups -OCH3 is 3. The van der Waals surface area contributed by atoms with Gasteiger partial charge in [0.15, 0.2) is 11.5 Å². The zero-order chi connectivity index (χ0) is 13.8. The van der Waals surface area contributed by atoms with Crippen LogP contribution in [0.25, 0.3) is 0 Å². The molecule has 1 atom stereocenters.